The summed E-state index contributed by atoms with van der Waals surface area (Å²) in [5, 5.41) is 18.8. The van der Waals surface area contributed by atoms with Crippen LogP contribution in [0.3, 0.4) is 0 Å². The van der Waals surface area contributed by atoms with Crippen LogP contribution in [0.15, 0.2) is 53.4 Å². The summed E-state index contributed by atoms with van der Waals surface area (Å²) in [6.45, 7) is 0. The third-order valence-electron chi connectivity index (χ3n) is 2.21. The highest BCUT2D eigenvalue weighted by atomic mass is 32.2. The molecule has 0 radical (unpaired) electrons. The summed E-state index contributed by atoms with van der Waals surface area (Å²) in [6.07, 6.45) is 0. The van der Waals surface area contributed by atoms with Gasteiger partial charge in [0.25, 0.3) is 0 Å². The lowest BCUT2D eigenvalue weighted by molar-refractivity contribution is 0.447. The molecule has 0 aliphatic carbocycles. The van der Waals surface area contributed by atoms with E-state index in [9.17, 15) is 5.11 Å². The Morgan fingerprint density at radius 2 is 1.69 bits per heavy atom. The Labute approximate surface area is 98.6 Å². The molecule has 0 fully saturated rings. The van der Waals surface area contributed by atoms with Crippen molar-refractivity contribution in [3.63, 3.8) is 0 Å². The number of phenolic OH excluding ortho intramolecular Hbond substituents is 2. The van der Waals surface area contributed by atoms with Gasteiger partial charge in [-0.05, 0) is 18.2 Å². The number of hydrogen-bond donors (Lipinski definition) is 2. The Hall–Kier alpha value is -1.61. The summed E-state index contributed by atoms with van der Waals surface area (Å²) in [6, 6.07) is 14.7. The minimum absolute atomic E-state index is 0.0889. The predicted octanol–water partition coefficient (Wildman–Crippen LogP) is 3.39. The van der Waals surface area contributed by atoms with E-state index in [0.29, 0.717) is 5.75 Å². The second kappa shape index (κ2) is 4.94. The van der Waals surface area contributed by atoms with E-state index in [-0.39, 0.29) is 11.5 Å². The van der Waals surface area contributed by atoms with Gasteiger partial charge in [0.05, 0.1) is 0 Å². The van der Waals surface area contributed by atoms with Crippen LogP contribution in [0.2, 0.25) is 0 Å². The van der Waals surface area contributed by atoms with E-state index in [1.807, 2.05) is 30.3 Å². The number of benzene rings is 2. The Balaban J connectivity index is 2.05. The maximum Gasteiger partial charge on any atom is 0.123 e. The van der Waals surface area contributed by atoms with E-state index in [4.69, 9.17) is 5.11 Å². The molecule has 0 spiro atoms. The Morgan fingerprint density at radius 3 is 2.38 bits per heavy atom. The molecule has 2 rings (SSSR count). The Bertz CT molecular complexity index is 469. The summed E-state index contributed by atoms with van der Waals surface area (Å²) in [7, 11) is 0. The maximum atomic E-state index is 9.60. The van der Waals surface area contributed by atoms with Gasteiger partial charge in [-0.2, -0.15) is 0 Å². The fourth-order valence-electron chi connectivity index (χ4n) is 1.35. The summed E-state index contributed by atoms with van der Waals surface area (Å²) in [5.74, 6) is 0.922. The van der Waals surface area contributed by atoms with Crippen LogP contribution in [0.5, 0.6) is 11.5 Å². The molecule has 0 heterocycles. The van der Waals surface area contributed by atoms with Crippen LogP contribution in [-0.4, -0.2) is 10.2 Å². The predicted molar refractivity (Wildman–Crippen MR) is 65.8 cm³/mol. The van der Waals surface area contributed by atoms with Crippen molar-refractivity contribution in [2.75, 3.05) is 0 Å². The SMILES string of the molecule is Oc1ccc(CSc2ccccc2)c(O)c1. The lowest BCUT2D eigenvalue weighted by atomic mass is 10.2. The minimum Gasteiger partial charge on any atom is -0.508 e. The molecule has 2 nitrogen and oxygen atoms in total. The molecular formula is C13H12O2S. The number of phenols is 2. The van der Waals surface area contributed by atoms with Crippen molar-refractivity contribution in [3.05, 3.63) is 54.1 Å². The highest BCUT2D eigenvalue weighted by Crippen LogP contribution is 2.29. The van der Waals surface area contributed by atoms with E-state index in [0.717, 1.165) is 10.5 Å². The van der Waals surface area contributed by atoms with Gasteiger partial charge in [-0.1, -0.05) is 24.3 Å². The van der Waals surface area contributed by atoms with Crippen molar-refractivity contribution >= 4 is 11.8 Å². The topological polar surface area (TPSA) is 40.5 Å². The zero-order valence-electron chi connectivity index (χ0n) is 8.63. The first-order chi connectivity index (χ1) is 7.75. The molecule has 0 aliphatic rings. The fraction of sp³-hybridized carbons (Fsp3) is 0.0769. The van der Waals surface area contributed by atoms with Crippen molar-refractivity contribution in [2.24, 2.45) is 0 Å². The molecule has 0 saturated carbocycles. The Morgan fingerprint density at radius 1 is 0.938 bits per heavy atom. The van der Waals surface area contributed by atoms with Crippen LogP contribution in [-0.2, 0) is 5.75 Å². The lowest BCUT2D eigenvalue weighted by Gasteiger charge is -2.04. The number of hydrogen-bond acceptors (Lipinski definition) is 3. The van der Waals surface area contributed by atoms with Crippen LogP contribution < -0.4 is 0 Å². The fourth-order valence-corrected chi connectivity index (χ4v) is 2.27. The van der Waals surface area contributed by atoms with Crippen LogP contribution in [0, 0.1) is 0 Å². The Kier molecular flexibility index (Phi) is 3.37. The van der Waals surface area contributed by atoms with Gasteiger partial charge in [-0.3, -0.25) is 0 Å². The number of thioether (sulfide) groups is 1. The zero-order chi connectivity index (χ0) is 11.4. The van der Waals surface area contributed by atoms with Gasteiger partial charge in [0.1, 0.15) is 11.5 Å². The van der Waals surface area contributed by atoms with Gasteiger partial charge in [0.2, 0.25) is 0 Å². The largest absolute Gasteiger partial charge is 0.508 e. The minimum atomic E-state index is 0.0889. The van der Waals surface area contributed by atoms with E-state index >= 15 is 0 Å². The van der Waals surface area contributed by atoms with E-state index < -0.39 is 0 Å². The molecule has 0 aromatic heterocycles. The monoisotopic (exact) mass is 232 g/mol. The summed E-state index contributed by atoms with van der Waals surface area (Å²) >= 11 is 1.65. The quantitative estimate of drug-likeness (QED) is 0.797. The lowest BCUT2D eigenvalue weighted by Crippen LogP contribution is -1.81. The number of rotatable bonds is 3. The molecule has 0 amide bonds. The molecule has 2 N–H and O–H groups in total. The van der Waals surface area contributed by atoms with Crippen molar-refractivity contribution in [1.82, 2.24) is 0 Å². The van der Waals surface area contributed by atoms with Crippen LogP contribution in [0.1, 0.15) is 5.56 Å². The van der Waals surface area contributed by atoms with Crippen molar-refractivity contribution in [2.45, 2.75) is 10.6 Å². The molecule has 3 heteroatoms. The molecule has 82 valence electrons. The first-order valence-electron chi connectivity index (χ1n) is 4.94. The average molecular weight is 232 g/mol. The van der Waals surface area contributed by atoms with Crippen LogP contribution in [0.4, 0.5) is 0 Å². The highest BCUT2D eigenvalue weighted by molar-refractivity contribution is 7.98. The van der Waals surface area contributed by atoms with Gasteiger partial charge in [0, 0.05) is 22.3 Å². The van der Waals surface area contributed by atoms with Gasteiger partial charge >= 0.3 is 0 Å². The highest BCUT2D eigenvalue weighted by Gasteiger charge is 2.02. The van der Waals surface area contributed by atoms with E-state index in [1.54, 1.807) is 23.9 Å². The average Bonchev–Trinajstić information content (AvgIpc) is 2.29. The standard InChI is InChI=1S/C13H12O2S/c14-11-7-6-10(13(15)8-11)9-16-12-4-2-1-3-5-12/h1-8,14-15H,9H2. The van der Waals surface area contributed by atoms with Crippen molar-refractivity contribution in [3.8, 4) is 11.5 Å². The molecule has 2 aromatic rings. The summed E-state index contributed by atoms with van der Waals surface area (Å²) < 4.78 is 0. The van der Waals surface area contributed by atoms with E-state index in [2.05, 4.69) is 0 Å². The van der Waals surface area contributed by atoms with Crippen molar-refractivity contribution < 1.29 is 10.2 Å². The van der Waals surface area contributed by atoms with Gasteiger partial charge in [0.15, 0.2) is 0 Å². The number of aromatic hydroxyl groups is 2. The third kappa shape index (κ3) is 2.70. The second-order valence-corrected chi connectivity index (χ2v) is 4.46. The second-order valence-electron chi connectivity index (χ2n) is 3.41. The van der Waals surface area contributed by atoms with E-state index in [1.165, 1.54) is 6.07 Å². The zero-order valence-corrected chi connectivity index (χ0v) is 9.45. The molecular weight excluding hydrogens is 220 g/mol. The molecule has 2 aromatic carbocycles. The van der Waals surface area contributed by atoms with Gasteiger partial charge < -0.3 is 10.2 Å². The molecule has 0 unspecified atom stereocenters. The van der Waals surface area contributed by atoms with Crippen molar-refractivity contribution in [1.29, 1.82) is 0 Å². The molecule has 0 aliphatic heterocycles. The maximum absolute atomic E-state index is 9.60. The summed E-state index contributed by atoms with van der Waals surface area (Å²) in [4.78, 5) is 1.16. The first kappa shape index (κ1) is 10.9. The van der Waals surface area contributed by atoms with Gasteiger partial charge in [-0.15, -0.1) is 11.8 Å². The van der Waals surface area contributed by atoms with Crippen LogP contribution in [0.25, 0.3) is 0 Å². The van der Waals surface area contributed by atoms with Gasteiger partial charge in [-0.25, -0.2) is 0 Å². The first-order valence-corrected chi connectivity index (χ1v) is 5.93. The smallest absolute Gasteiger partial charge is 0.123 e. The normalized spacial score (nSPS) is 10.2. The molecule has 0 bridgehead atoms. The summed E-state index contributed by atoms with van der Waals surface area (Å²) in [5.41, 5.74) is 0.826. The van der Waals surface area contributed by atoms with Crippen LogP contribution >= 0.6 is 11.8 Å². The molecule has 16 heavy (non-hydrogen) atoms. The molecule has 0 saturated heterocycles. The molecule has 0 atom stereocenters. The third-order valence-corrected chi connectivity index (χ3v) is 3.27.